The van der Waals surface area contributed by atoms with Gasteiger partial charge in [-0.1, -0.05) is 32.6 Å². The molecule has 0 aliphatic heterocycles. The summed E-state index contributed by atoms with van der Waals surface area (Å²) in [6, 6.07) is 2.11. The zero-order chi connectivity index (χ0) is 11.6. The Morgan fingerprint density at radius 2 is 2.00 bits per heavy atom. The zero-order valence-electron chi connectivity index (χ0n) is 10.2. The van der Waals surface area contributed by atoms with Crippen LogP contribution in [0.5, 0.6) is 0 Å². The highest BCUT2D eigenvalue weighted by Gasteiger charge is 2.02. The fraction of sp³-hybridized carbons (Fsp3) is 0.643. The van der Waals surface area contributed by atoms with Gasteiger partial charge >= 0.3 is 0 Å². The minimum atomic E-state index is 0.433. The van der Waals surface area contributed by atoms with Crippen LogP contribution in [0.4, 0.5) is 0 Å². The van der Waals surface area contributed by atoms with Crippen molar-refractivity contribution in [2.24, 2.45) is 0 Å². The number of unbranched alkanes of at least 4 members (excludes halogenated alkanes) is 4. The highest BCUT2D eigenvalue weighted by molar-refractivity contribution is 7.07. The fourth-order valence-corrected chi connectivity index (χ4v) is 2.47. The van der Waals surface area contributed by atoms with E-state index in [-0.39, 0.29) is 0 Å². The fourth-order valence-electron chi connectivity index (χ4n) is 1.77. The van der Waals surface area contributed by atoms with Crippen LogP contribution in [0.15, 0.2) is 16.8 Å². The molecule has 0 N–H and O–H groups in total. The molecule has 0 amide bonds. The molecule has 0 aliphatic carbocycles. The normalized spacial score (nSPS) is 10.6. The maximum absolute atomic E-state index is 11.6. The number of rotatable bonds is 9. The predicted octanol–water partition coefficient (Wildman–Crippen LogP) is 4.61. The maximum Gasteiger partial charge on any atom is 0.133 e. The number of hydrogen-bond donors (Lipinski definition) is 0. The lowest BCUT2D eigenvalue weighted by atomic mass is 10.0. The lowest BCUT2D eigenvalue weighted by Gasteiger charge is -2.00. The Morgan fingerprint density at radius 1 is 1.19 bits per heavy atom. The maximum atomic E-state index is 11.6. The molecule has 0 bridgehead atoms. The van der Waals surface area contributed by atoms with Gasteiger partial charge in [0, 0.05) is 12.8 Å². The van der Waals surface area contributed by atoms with Crippen molar-refractivity contribution < 1.29 is 4.79 Å². The Bertz CT molecular complexity index is 277. The summed E-state index contributed by atoms with van der Waals surface area (Å²) in [5, 5.41) is 4.21. The van der Waals surface area contributed by atoms with E-state index in [1.165, 1.54) is 31.2 Å². The van der Waals surface area contributed by atoms with Gasteiger partial charge < -0.3 is 0 Å². The van der Waals surface area contributed by atoms with Crippen LogP contribution >= 0.6 is 11.3 Å². The molecular formula is C14H22OS. The number of Topliss-reactive ketones (excluding diaryl/α,β-unsaturated/α-hetero) is 1. The molecule has 1 rings (SSSR count). The SMILES string of the molecule is CCCCCCCC(=O)CCc1ccsc1. The second kappa shape index (κ2) is 8.51. The summed E-state index contributed by atoms with van der Waals surface area (Å²) in [7, 11) is 0. The summed E-state index contributed by atoms with van der Waals surface area (Å²) in [5.41, 5.74) is 1.31. The molecule has 1 heterocycles. The number of carbonyl (C=O) groups is 1. The van der Waals surface area contributed by atoms with E-state index in [0.717, 1.165) is 25.7 Å². The average Bonchev–Trinajstić information content (AvgIpc) is 2.79. The molecule has 0 saturated heterocycles. The summed E-state index contributed by atoms with van der Waals surface area (Å²) < 4.78 is 0. The molecule has 0 spiro atoms. The van der Waals surface area contributed by atoms with Crippen molar-refractivity contribution in [1.29, 1.82) is 0 Å². The van der Waals surface area contributed by atoms with E-state index >= 15 is 0 Å². The first-order chi connectivity index (χ1) is 7.83. The zero-order valence-corrected chi connectivity index (χ0v) is 11.0. The molecule has 90 valence electrons. The highest BCUT2D eigenvalue weighted by atomic mass is 32.1. The molecule has 0 fully saturated rings. The number of aryl methyl sites for hydroxylation is 1. The van der Waals surface area contributed by atoms with Crippen molar-refractivity contribution in [2.45, 2.75) is 58.3 Å². The van der Waals surface area contributed by atoms with Gasteiger partial charge in [0.15, 0.2) is 0 Å². The monoisotopic (exact) mass is 238 g/mol. The van der Waals surface area contributed by atoms with Gasteiger partial charge in [0.05, 0.1) is 0 Å². The summed E-state index contributed by atoms with van der Waals surface area (Å²) >= 11 is 1.71. The van der Waals surface area contributed by atoms with Gasteiger partial charge in [-0.2, -0.15) is 11.3 Å². The number of ketones is 1. The third-order valence-electron chi connectivity index (χ3n) is 2.83. The first-order valence-electron chi connectivity index (χ1n) is 6.35. The predicted molar refractivity (Wildman–Crippen MR) is 71.0 cm³/mol. The summed E-state index contributed by atoms with van der Waals surface area (Å²) in [5.74, 6) is 0.433. The molecule has 16 heavy (non-hydrogen) atoms. The van der Waals surface area contributed by atoms with E-state index in [4.69, 9.17) is 0 Å². The average molecular weight is 238 g/mol. The van der Waals surface area contributed by atoms with Crippen LogP contribution in [-0.2, 0) is 11.2 Å². The molecule has 0 radical (unpaired) electrons. The molecular weight excluding hydrogens is 216 g/mol. The van der Waals surface area contributed by atoms with Gasteiger partial charge in [-0.15, -0.1) is 0 Å². The Hall–Kier alpha value is -0.630. The summed E-state index contributed by atoms with van der Waals surface area (Å²) in [6.45, 7) is 2.21. The van der Waals surface area contributed by atoms with Crippen LogP contribution in [0.3, 0.4) is 0 Å². The lowest BCUT2D eigenvalue weighted by molar-refractivity contribution is -0.119. The first-order valence-corrected chi connectivity index (χ1v) is 7.30. The first kappa shape index (κ1) is 13.4. The van der Waals surface area contributed by atoms with E-state index in [2.05, 4.69) is 23.8 Å². The van der Waals surface area contributed by atoms with E-state index < -0.39 is 0 Å². The molecule has 0 unspecified atom stereocenters. The third kappa shape index (κ3) is 6.06. The summed E-state index contributed by atoms with van der Waals surface area (Å²) in [4.78, 5) is 11.6. The van der Waals surface area contributed by atoms with E-state index in [1.54, 1.807) is 11.3 Å². The smallest absolute Gasteiger partial charge is 0.133 e. The van der Waals surface area contributed by atoms with Crippen molar-refractivity contribution in [1.82, 2.24) is 0 Å². The van der Waals surface area contributed by atoms with Gasteiger partial charge in [0.25, 0.3) is 0 Å². The number of thiophene rings is 1. The number of hydrogen-bond acceptors (Lipinski definition) is 2. The Balaban J connectivity index is 1.99. The highest BCUT2D eigenvalue weighted by Crippen LogP contribution is 2.11. The van der Waals surface area contributed by atoms with Crippen molar-refractivity contribution in [2.75, 3.05) is 0 Å². The number of carbonyl (C=O) groups excluding carboxylic acids is 1. The second-order valence-electron chi connectivity index (χ2n) is 4.33. The van der Waals surface area contributed by atoms with Gasteiger partial charge in [-0.05, 0) is 35.2 Å². The van der Waals surface area contributed by atoms with Crippen LogP contribution in [0.25, 0.3) is 0 Å². The Labute approximate surface area is 103 Å². The van der Waals surface area contributed by atoms with Gasteiger partial charge in [0.1, 0.15) is 5.78 Å². The third-order valence-corrected chi connectivity index (χ3v) is 3.56. The molecule has 1 nitrogen and oxygen atoms in total. The van der Waals surface area contributed by atoms with Crippen molar-refractivity contribution in [3.8, 4) is 0 Å². The Kier molecular flexibility index (Phi) is 7.15. The van der Waals surface area contributed by atoms with Crippen LogP contribution in [0, 0.1) is 0 Å². The largest absolute Gasteiger partial charge is 0.300 e. The topological polar surface area (TPSA) is 17.1 Å². The van der Waals surface area contributed by atoms with Gasteiger partial charge in [-0.25, -0.2) is 0 Å². The molecule has 2 heteroatoms. The standard InChI is InChI=1S/C14H22OS/c1-2-3-4-5-6-7-14(15)9-8-13-10-11-16-12-13/h10-12H,2-9H2,1H3. The molecule has 0 atom stereocenters. The van der Waals surface area contributed by atoms with Crippen molar-refractivity contribution in [3.63, 3.8) is 0 Å². The van der Waals surface area contributed by atoms with Crippen LogP contribution in [-0.4, -0.2) is 5.78 Å². The van der Waals surface area contributed by atoms with Gasteiger partial charge in [-0.3, -0.25) is 4.79 Å². The van der Waals surface area contributed by atoms with Gasteiger partial charge in [0.2, 0.25) is 0 Å². The second-order valence-corrected chi connectivity index (χ2v) is 5.11. The van der Waals surface area contributed by atoms with Crippen LogP contribution in [0.1, 0.15) is 57.4 Å². The van der Waals surface area contributed by atoms with E-state index in [9.17, 15) is 4.79 Å². The minimum absolute atomic E-state index is 0.433. The molecule has 0 aliphatic rings. The molecule has 1 aromatic rings. The lowest BCUT2D eigenvalue weighted by Crippen LogP contribution is -1.99. The minimum Gasteiger partial charge on any atom is -0.300 e. The van der Waals surface area contributed by atoms with Crippen molar-refractivity contribution >= 4 is 17.1 Å². The van der Waals surface area contributed by atoms with E-state index in [1.807, 2.05) is 0 Å². The van der Waals surface area contributed by atoms with Crippen LogP contribution in [0.2, 0.25) is 0 Å². The van der Waals surface area contributed by atoms with Crippen molar-refractivity contribution in [3.05, 3.63) is 22.4 Å². The molecule has 0 saturated carbocycles. The Morgan fingerprint density at radius 3 is 2.69 bits per heavy atom. The van der Waals surface area contributed by atoms with Crippen LogP contribution < -0.4 is 0 Å². The summed E-state index contributed by atoms with van der Waals surface area (Å²) in [6.07, 6.45) is 8.61. The van der Waals surface area contributed by atoms with E-state index in [0.29, 0.717) is 5.78 Å². The molecule has 1 aromatic heterocycles. The quantitative estimate of drug-likeness (QED) is 0.574. The molecule has 0 aromatic carbocycles.